The van der Waals surface area contributed by atoms with Crippen LogP contribution in [0.25, 0.3) is 0 Å². The number of hydrogen-bond donors (Lipinski definition) is 2. The molecule has 1 aliphatic rings. The average molecular weight is 359 g/mol. The number of nitrogen functional groups attached to an aromatic ring is 1. The van der Waals surface area contributed by atoms with E-state index in [1.807, 2.05) is 0 Å². The molecule has 8 heteroatoms. The van der Waals surface area contributed by atoms with E-state index in [1.54, 1.807) is 12.1 Å². The standard InChI is InChI=1S/C14H12Cl2N2O3S/c15-11-6-9(7-12(16)14(11)17)18-22(19,20)10-1-2-13-8(5-10)3-4-21-13/h1-2,5-7,18H,3-4,17H2. The Morgan fingerprint density at radius 1 is 1.14 bits per heavy atom. The molecule has 0 fully saturated rings. The number of benzene rings is 2. The molecule has 0 bridgehead atoms. The summed E-state index contributed by atoms with van der Waals surface area (Å²) in [5, 5.41) is 0.375. The number of hydrogen-bond acceptors (Lipinski definition) is 4. The molecule has 0 radical (unpaired) electrons. The maximum atomic E-state index is 12.4. The average Bonchev–Trinajstić information content (AvgIpc) is 2.91. The highest BCUT2D eigenvalue weighted by Crippen LogP contribution is 2.33. The molecule has 22 heavy (non-hydrogen) atoms. The van der Waals surface area contributed by atoms with Gasteiger partial charge in [0.15, 0.2) is 0 Å². The Balaban J connectivity index is 1.94. The van der Waals surface area contributed by atoms with Gasteiger partial charge in [-0.3, -0.25) is 4.72 Å². The first kappa shape index (κ1) is 15.3. The highest BCUT2D eigenvalue weighted by Gasteiger charge is 2.20. The number of fused-ring (bicyclic) bond motifs is 1. The lowest BCUT2D eigenvalue weighted by atomic mass is 10.2. The summed E-state index contributed by atoms with van der Waals surface area (Å²) in [6.07, 6.45) is 0.693. The molecule has 3 rings (SSSR count). The molecular weight excluding hydrogens is 347 g/mol. The molecule has 116 valence electrons. The number of ether oxygens (including phenoxy) is 1. The number of rotatable bonds is 3. The van der Waals surface area contributed by atoms with Crippen molar-refractivity contribution in [2.45, 2.75) is 11.3 Å². The molecular formula is C14H12Cl2N2O3S. The Morgan fingerprint density at radius 2 is 1.82 bits per heavy atom. The molecule has 3 N–H and O–H groups in total. The normalized spacial score (nSPS) is 13.5. The first-order valence-electron chi connectivity index (χ1n) is 6.40. The zero-order valence-electron chi connectivity index (χ0n) is 11.3. The van der Waals surface area contributed by atoms with Crippen LogP contribution in [0.1, 0.15) is 5.56 Å². The Bertz CT molecular complexity index is 830. The van der Waals surface area contributed by atoms with Crippen molar-refractivity contribution < 1.29 is 13.2 Å². The number of anilines is 2. The van der Waals surface area contributed by atoms with Crippen LogP contribution in [-0.4, -0.2) is 15.0 Å². The molecule has 5 nitrogen and oxygen atoms in total. The third-order valence-electron chi connectivity index (χ3n) is 3.30. The third kappa shape index (κ3) is 2.82. The van der Waals surface area contributed by atoms with Gasteiger partial charge in [-0.2, -0.15) is 0 Å². The van der Waals surface area contributed by atoms with Crippen LogP contribution in [0.5, 0.6) is 5.75 Å². The Kier molecular flexibility index (Phi) is 3.84. The largest absolute Gasteiger partial charge is 0.493 e. The van der Waals surface area contributed by atoms with Gasteiger partial charge in [0.1, 0.15) is 5.75 Å². The van der Waals surface area contributed by atoms with Gasteiger partial charge in [0.25, 0.3) is 10.0 Å². The second kappa shape index (κ2) is 5.53. The summed E-state index contributed by atoms with van der Waals surface area (Å²) in [7, 11) is -3.74. The summed E-state index contributed by atoms with van der Waals surface area (Å²) in [4.78, 5) is 0.154. The fourth-order valence-corrected chi connectivity index (χ4v) is 3.77. The monoisotopic (exact) mass is 358 g/mol. The van der Waals surface area contributed by atoms with Crippen LogP contribution in [-0.2, 0) is 16.4 Å². The molecule has 1 aliphatic heterocycles. The predicted molar refractivity (Wildman–Crippen MR) is 87.3 cm³/mol. The first-order valence-corrected chi connectivity index (χ1v) is 8.64. The third-order valence-corrected chi connectivity index (χ3v) is 5.31. The molecule has 0 aliphatic carbocycles. The molecule has 0 atom stereocenters. The summed E-state index contributed by atoms with van der Waals surface area (Å²) in [6, 6.07) is 7.58. The van der Waals surface area contributed by atoms with Crippen LogP contribution in [0, 0.1) is 0 Å². The van der Waals surface area contributed by atoms with Gasteiger partial charge in [0, 0.05) is 6.42 Å². The highest BCUT2D eigenvalue weighted by molar-refractivity contribution is 7.92. The van der Waals surface area contributed by atoms with Crippen molar-refractivity contribution in [3.05, 3.63) is 45.9 Å². The SMILES string of the molecule is Nc1c(Cl)cc(NS(=O)(=O)c2ccc3c(c2)CCO3)cc1Cl. The Morgan fingerprint density at radius 3 is 2.50 bits per heavy atom. The van der Waals surface area contributed by atoms with Crippen LogP contribution in [0.15, 0.2) is 35.2 Å². The van der Waals surface area contributed by atoms with E-state index in [0.29, 0.717) is 13.0 Å². The minimum atomic E-state index is -3.74. The lowest BCUT2D eigenvalue weighted by Crippen LogP contribution is -2.13. The van der Waals surface area contributed by atoms with Gasteiger partial charge in [-0.15, -0.1) is 0 Å². The van der Waals surface area contributed by atoms with Gasteiger partial charge < -0.3 is 10.5 Å². The summed E-state index contributed by atoms with van der Waals surface area (Å²) in [5.74, 6) is 0.720. The molecule has 0 spiro atoms. The van der Waals surface area contributed by atoms with Gasteiger partial charge in [-0.1, -0.05) is 23.2 Å². The highest BCUT2D eigenvalue weighted by atomic mass is 35.5. The van der Waals surface area contributed by atoms with E-state index in [4.69, 9.17) is 33.7 Å². The first-order chi connectivity index (χ1) is 10.4. The number of nitrogens with two attached hydrogens (primary N) is 1. The quantitative estimate of drug-likeness (QED) is 0.824. The number of halogens is 2. The van der Waals surface area contributed by atoms with E-state index < -0.39 is 10.0 Å². The fourth-order valence-electron chi connectivity index (χ4n) is 2.19. The number of nitrogens with one attached hydrogen (secondary N) is 1. The second-order valence-electron chi connectivity index (χ2n) is 4.83. The van der Waals surface area contributed by atoms with E-state index >= 15 is 0 Å². The van der Waals surface area contributed by atoms with Gasteiger partial charge in [0.05, 0.1) is 32.9 Å². The number of sulfonamides is 1. The van der Waals surface area contributed by atoms with Crippen LogP contribution in [0.2, 0.25) is 10.0 Å². The maximum Gasteiger partial charge on any atom is 0.261 e. The van der Waals surface area contributed by atoms with Gasteiger partial charge >= 0.3 is 0 Å². The van der Waals surface area contributed by atoms with Gasteiger partial charge in [-0.05, 0) is 35.9 Å². The molecule has 0 unspecified atom stereocenters. The summed E-state index contributed by atoms with van der Waals surface area (Å²) < 4.78 is 32.7. The van der Waals surface area contributed by atoms with Crippen LogP contribution < -0.4 is 15.2 Å². The lowest BCUT2D eigenvalue weighted by molar-refractivity contribution is 0.356. The van der Waals surface area contributed by atoms with Crippen molar-refractivity contribution in [2.24, 2.45) is 0 Å². The van der Waals surface area contributed by atoms with Crippen molar-refractivity contribution in [1.29, 1.82) is 0 Å². The van der Waals surface area contributed by atoms with Crippen LogP contribution in [0.4, 0.5) is 11.4 Å². The smallest absolute Gasteiger partial charge is 0.261 e. The summed E-state index contributed by atoms with van der Waals surface area (Å²) in [5.41, 5.74) is 6.96. The molecule has 0 saturated carbocycles. The molecule has 0 saturated heterocycles. The van der Waals surface area contributed by atoms with E-state index in [-0.39, 0.29) is 26.3 Å². The summed E-state index contributed by atoms with van der Waals surface area (Å²) >= 11 is 11.8. The fraction of sp³-hybridized carbons (Fsp3) is 0.143. The molecule has 2 aromatic rings. The van der Waals surface area contributed by atoms with Crippen molar-refractivity contribution in [3.8, 4) is 5.75 Å². The molecule has 0 aromatic heterocycles. The van der Waals surface area contributed by atoms with Gasteiger partial charge in [0.2, 0.25) is 0 Å². The Hall–Kier alpha value is -1.63. The van der Waals surface area contributed by atoms with E-state index in [0.717, 1.165) is 11.3 Å². The molecule has 2 aromatic carbocycles. The van der Waals surface area contributed by atoms with Crippen molar-refractivity contribution in [2.75, 3.05) is 17.1 Å². The van der Waals surface area contributed by atoms with E-state index in [9.17, 15) is 8.42 Å². The van der Waals surface area contributed by atoms with E-state index in [1.165, 1.54) is 18.2 Å². The van der Waals surface area contributed by atoms with Crippen molar-refractivity contribution in [3.63, 3.8) is 0 Å². The Labute approximate surface area is 138 Å². The minimum absolute atomic E-state index is 0.154. The van der Waals surface area contributed by atoms with Crippen molar-refractivity contribution >= 4 is 44.6 Å². The zero-order chi connectivity index (χ0) is 15.9. The van der Waals surface area contributed by atoms with E-state index in [2.05, 4.69) is 4.72 Å². The second-order valence-corrected chi connectivity index (χ2v) is 7.32. The van der Waals surface area contributed by atoms with Crippen LogP contribution >= 0.6 is 23.2 Å². The molecule has 0 amide bonds. The lowest BCUT2D eigenvalue weighted by Gasteiger charge is -2.11. The maximum absolute atomic E-state index is 12.4. The zero-order valence-corrected chi connectivity index (χ0v) is 13.6. The predicted octanol–water partition coefficient (Wildman–Crippen LogP) is 3.31. The topological polar surface area (TPSA) is 81.4 Å². The minimum Gasteiger partial charge on any atom is -0.493 e. The molecule has 1 heterocycles. The summed E-state index contributed by atoms with van der Waals surface area (Å²) in [6.45, 7) is 0.565. The van der Waals surface area contributed by atoms with Crippen molar-refractivity contribution in [1.82, 2.24) is 0 Å². The van der Waals surface area contributed by atoms with Gasteiger partial charge in [-0.25, -0.2) is 8.42 Å². The van der Waals surface area contributed by atoms with Crippen LogP contribution in [0.3, 0.4) is 0 Å².